The van der Waals surface area contributed by atoms with Crippen LogP contribution in [-0.2, 0) is 4.79 Å². The summed E-state index contributed by atoms with van der Waals surface area (Å²) in [4.78, 5) is 19.3. The monoisotopic (exact) mass is 379 g/mol. The van der Waals surface area contributed by atoms with Crippen LogP contribution in [0.3, 0.4) is 0 Å². The van der Waals surface area contributed by atoms with Gasteiger partial charge in [-0.1, -0.05) is 23.5 Å². The molecule has 2 bridgehead atoms. The zero-order chi connectivity index (χ0) is 18.4. The van der Waals surface area contributed by atoms with E-state index in [0.717, 1.165) is 26.4 Å². The standard InChI is InChI=1S/C20H21N5OS/c1-12-23-24-20(27-12)13-2-3-14-10-21-18(9-15(14)8-13)22-19(26)11-25-16-4-5-17(25)7-6-16/h2-3,8-10,16-17H,4-7,11H2,1H3,(H,21,22,26). The van der Waals surface area contributed by atoms with Crippen molar-refractivity contribution >= 4 is 33.8 Å². The number of hydrogen-bond acceptors (Lipinski definition) is 6. The maximum Gasteiger partial charge on any atom is 0.239 e. The molecule has 1 N–H and O–H groups in total. The van der Waals surface area contributed by atoms with E-state index in [9.17, 15) is 4.79 Å². The lowest BCUT2D eigenvalue weighted by Gasteiger charge is -2.20. The van der Waals surface area contributed by atoms with E-state index in [2.05, 4.69) is 31.5 Å². The maximum absolute atomic E-state index is 12.5. The number of hydrogen-bond donors (Lipinski definition) is 1. The van der Waals surface area contributed by atoms with Gasteiger partial charge in [0, 0.05) is 29.2 Å². The molecule has 2 aliphatic rings. The first-order valence-electron chi connectivity index (χ1n) is 9.41. The predicted octanol–water partition coefficient (Wildman–Crippen LogP) is 3.63. The first-order chi connectivity index (χ1) is 13.2. The average Bonchev–Trinajstić information content (AvgIpc) is 3.37. The van der Waals surface area contributed by atoms with Gasteiger partial charge < -0.3 is 5.32 Å². The van der Waals surface area contributed by atoms with Gasteiger partial charge in [-0.05, 0) is 50.1 Å². The number of carbonyl (C=O) groups excluding carboxylic acids is 1. The Kier molecular flexibility index (Phi) is 4.13. The molecule has 0 aliphatic carbocycles. The zero-order valence-corrected chi connectivity index (χ0v) is 16.0. The van der Waals surface area contributed by atoms with Gasteiger partial charge in [0.15, 0.2) is 0 Å². The number of aromatic nitrogens is 3. The van der Waals surface area contributed by atoms with E-state index in [1.54, 1.807) is 17.5 Å². The SMILES string of the molecule is Cc1nnc(-c2ccc3cnc(NC(=O)CN4C5CCC4CC5)cc3c2)s1. The van der Waals surface area contributed by atoms with Crippen molar-refractivity contribution in [2.24, 2.45) is 0 Å². The first kappa shape index (κ1) is 16.8. The van der Waals surface area contributed by atoms with E-state index in [0.29, 0.717) is 24.4 Å². The quantitative estimate of drug-likeness (QED) is 0.750. The Bertz CT molecular complexity index is 997. The van der Waals surface area contributed by atoms with Crippen molar-refractivity contribution in [2.75, 3.05) is 11.9 Å². The number of pyridine rings is 1. The molecule has 4 heterocycles. The minimum Gasteiger partial charge on any atom is -0.310 e. The maximum atomic E-state index is 12.5. The topological polar surface area (TPSA) is 71.0 Å². The lowest BCUT2D eigenvalue weighted by molar-refractivity contribution is -0.117. The molecule has 0 unspecified atom stereocenters. The molecular formula is C20H21N5OS. The number of rotatable bonds is 4. The number of anilines is 1. The van der Waals surface area contributed by atoms with Gasteiger partial charge in [0.25, 0.3) is 0 Å². The third-order valence-corrected chi connectivity index (χ3v) is 6.58. The highest BCUT2D eigenvalue weighted by Crippen LogP contribution is 2.37. The number of benzene rings is 1. The van der Waals surface area contributed by atoms with E-state index in [4.69, 9.17) is 0 Å². The first-order valence-corrected chi connectivity index (χ1v) is 10.2. The van der Waals surface area contributed by atoms with Crippen LogP contribution in [0.1, 0.15) is 30.7 Å². The number of amides is 1. The summed E-state index contributed by atoms with van der Waals surface area (Å²) in [5, 5.41) is 15.2. The lowest BCUT2D eigenvalue weighted by Crippen LogP contribution is -2.36. The number of aryl methyl sites for hydroxylation is 1. The normalized spacial score (nSPS) is 21.8. The molecule has 2 aromatic heterocycles. The summed E-state index contributed by atoms with van der Waals surface area (Å²) in [7, 11) is 0. The molecule has 1 amide bonds. The fourth-order valence-corrected chi connectivity index (χ4v) is 5.07. The molecular weight excluding hydrogens is 358 g/mol. The van der Waals surface area contributed by atoms with Crippen molar-refractivity contribution in [1.29, 1.82) is 0 Å². The van der Waals surface area contributed by atoms with Gasteiger partial charge in [0.2, 0.25) is 5.91 Å². The zero-order valence-electron chi connectivity index (χ0n) is 15.2. The molecule has 5 rings (SSSR count). The van der Waals surface area contributed by atoms with Crippen molar-refractivity contribution in [1.82, 2.24) is 20.1 Å². The summed E-state index contributed by atoms with van der Waals surface area (Å²) in [6, 6.07) is 9.27. The minimum absolute atomic E-state index is 0.0246. The van der Waals surface area contributed by atoms with Gasteiger partial charge in [-0.3, -0.25) is 9.69 Å². The van der Waals surface area contributed by atoms with Crippen molar-refractivity contribution in [2.45, 2.75) is 44.7 Å². The van der Waals surface area contributed by atoms with Gasteiger partial charge in [-0.25, -0.2) is 4.98 Å². The summed E-state index contributed by atoms with van der Waals surface area (Å²) >= 11 is 1.58. The van der Waals surface area contributed by atoms with Crippen LogP contribution in [0.4, 0.5) is 5.82 Å². The molecule has 2 aliphatic heterocycles. The van der Waals surface area contributed by atoms with Gasteiger partial charge in [0.1, 0.15) is 15.8 Å². The summed E-state index contributed by atoms with van der Waals surface area (Å²) in [5.74, 6) is 0.626. The third kappa shape index (κ3) is 3.21. The van der Waals surface area contributed by atoms with Crippen LogP contribution < -0.4 is 5.32 Å². The van der Waals surface area contributed by atoms with Crippen LogP contribution in [0.2, 0.25) is 0 Å². The Hall–Kier alpha value is -2.38. The average molecular weight is 379 g/mol. The van der Waals surface area contributed by atoms with Crippen LogP contribution in [-0.4, -0.2) is 44.6 Å². The molecule has 3 aromatic rings. The Labute approximate surface area is 161 Å². The van der Waals surface area contributed by atoms with E-state index >= 15 is 0 Å². The fourth-order valence-electron chi connectivity index (χ4n) is 4.38. The number of carbonyl (C=O) groups is 1. The highest BCUT2D eigenvalue weighted by molar-refractivity contribution is 7.14. The highest BCUT2D eigenvalue weighted by Gasteiger charge is 2.39. The van der Waals surface area contributed by atoms with Gasteiger partial charge in [0.05, 0.1) is 6.54 Å². The van der Waals surface area contributed by atoms with E-state index in [1.165, 1.54) is 25.7 Å². The van der Waals surface area contributed by atoms with Crippen molar-refractivity contribution in [3.05, 3.63) is 35.5 Å². The van der Waals surface area contributed by atoms with Crippen molar-refractivity contribution < 1.29 is 4.79 Å². The van der Waals surface area contributed by atoms with E-state index in [-0.39, 0.29) is 5.91 Å². The fraction of sp³-hybridized carbons (Fsp3) is 0.400. The highest BCUT2D eigenvalue weighted by atomic mass is 32.1. The molecule has 0 atom stereocenters. The summed E-state index contributed by atoms with van der Waals surface area (Å²) in [6.07, 6.45) is 6.75. The molecule has 0 saturated carbocycles. The van der Waals surface area contributed by atoms with Crippen LogP contribution in [0, 0.1) is 6.92 Å². The van der Waals surface area contributed by atoms with E-state index < -0.39 is 0 Å². The second kappa shape index (κ2) is 6.65. The molecule has 0 spiro atoms. The molecule has 7 heteroatoms. The van der Waals surface area contributed by atoms with Crippen LogP contribution >= 0.6 is 11.3 Å². The molecule has 0 radical (unpaired) electrons. The van der Waals surface area contributed by atoms with Crippen LogP contribution in [0.25, 0.3) is 21.3 Å². The van der Waals surface area contributed by atoms with Gasteiger partial charge >= 0.3 is 0 Å². The largest absolute Gasteiger partial charge is 0.310 e. The molecule has 2 fully saturated rings. The molecule has 1 aromatic carbocycles. The Morgan fingerprint density at radius 3 is 2.63 bits per heavy atom. The Morgan fingerprint density at radius 2 is 1.93 bits per heavy atom. The summed E-state index contributed by atoms with van der Waals surface area (Å²) in [6.45, 7) is 2.42. The summed E-state index contributed by atoms with van der Waals surface area (Å²) in [5.41, 5.74) is 1.03. The van der Waals surface area contributed by atoms with Gasteiger partial charge in [-0.15, -0.1) is 10.2 Å². The predicted molar refractivity (Wildman–Crippen MR) is 107 cm³/mol. The Balaban J connectivity index is 1.35. The minimum atomic E-state index is 0.0246. The van der Waals surface area contributed by atoms with Gasteiger partial charge in [-0.2, -0.15) is 0 Å². The second-order valence-corrected chi connectivity index (χ2v) is 8.62. The van der Waals surface area contributed by atoms with Crippen molar-refractivity contribution in [3.8, 4) is 10.6 Å². The Morgan fingerprint density at radius 1 is 1.15 bits per heavy atom. The van der Waals surface area contributed by atoms with E-state index in [1.807, 2.05) is 25.1 Å². The molecule has 2 saturated heterocycles. The smallest absolute Gasteiger partial charge is 0.239 e. The molecule has 27 heavy (non-hydrogen) atoms. The number of fused-ring (bicyclic) bond motifs is 3. The number of nitrogens with one attached hydrogen (secondary N) is 1. The molecule has 138 valence electrons. The number of nitrogens with zero attached hydrogens (tertiary/aromatic N) is 4. The molecule has 6 nitrogen and oxygen atoms in total. The van der Waals surface area contributed by atoms with Crippen molar-refractivity contribution in [3.63, 3.8) is 0 Å². The lowest BCUT2D eigenvalue weighted by atomic mass is 10.0. The van der Waals surface area contributed by atoms with Crippen LogP contribution in [0.5, 0.6) is 0 Å². The third-order valence-electron chi connectivity index (χ3n) is 5.69. The van der Waals surface area contributed by atoms with Crippen LogP contribution in [0.15, 0.2) is 30.5 Å². The second-order valence-electron chi connectivity index (χ2n) is 7.44. The summed E-state index contributed by atoms with van der Waals surface area (Å²) < 4.78 is 0.